The van der Waals surface area contributed by atoms with E-state index >= 15 is 0 Å². The van der Waals surface area contributed by atoms with Gasteiger partial charge in [-0.3, -0.25) is 4.79 Å². The Hall–Kier alpha value is -3.10. The molecular formula is C25H32FN3O5. The van der Waals surface area contributed by atoms with Crippen LogP contribution in [-0.4, -0.2) is 50.8 Å². The second-order valence-corrected chi connectivity index (χ2v) is 9.34. The Morgan fingerprint density at radius 1 is 1.21 bits per heavy atom. The molecule has 2 aliphatic carbocycles. The summed E-state index contributed by atoms with van der Waals surface area (Å²) >= 11 is 0. The van der Waals surface area contributed by atoms with Crippen LogP contribution in [0, 0.1) is 11.7 Å². The van der Waals surface area contributed by atoms with Crippen LogP contribution in [0.3, 0.4) is 0 Å². The van der Waals surface area contributed by atoms with Gasteiger partial charge in [-0.15, -0.1) is 0 Å². The minimum atomic E-state index is -0.832. The van der Waals surface area contributed by atoms with Gasteiger partial charge in [0.15, 0.2) is 11.6 Å². The summed E-state index contributed by atoms with van der Waals surface area (Å²) in [6, 6.07) is 4.84. The van der Waals surface area contributed by atoms with Crippen molar-refractivity contribution >= 4 is 12.1 Å². The molecule has 0 bridgehead atoms. The molecule has 1 amide bonds. The maximum Gasteiger partial charge on any atom is 0.410 e. The van der Waals surface area contributed by atoms with Gasteiger partial charge in [0.25, 0.3) is 0 Å². The molecule has 1 heterocycles. The summed E-state index contributed by atoms with van der Waals surface area (Å²) in [6.07, 6.45) is 7.60. The van der Waals surface area contributed by atoms with E-state index in [4.69, 9.17) is 9.47 Å². The van der Waals surface area contributed by atoms with E-state index in [-0.39, 0.29) is 30.6 Å². The molecule has 184 valence electrons. The lowest BCUT2D eigenvalue weighted by atomic mass is 9.87. The molecule has 4 rings (SSSR count). The zero-order valence-corrected chi connectivity index (χ0v) is 19.7. The molecule has 2 aliphatic rings. The van der Waals surface area contributed by atoms with Crippen molar-refractivity contribution in [2.75, 3.05) is 7.05 Å². The third-order valence-corrected chi connectivity index (χ3v) is 7.03. The molecule has 1 aromatic heterocycles. The Morgan fingerprint density at radius 3 is 2.68 bits per heavy atom. The normalized spacial score (nSPS) is 20.8. The Morgan fingerprint density at radius 2 is 1.97 bits per heavy atom. The predicted octanol–water partition coefficient (Wildman–Crippen LogP) is 4.76. The topological polar surface area (TPSA) is 93.9 Å². The van der Waals surface area contributed by atoms with Crippen LogP contribution in [0.4, 0.5) is 9.18 Å². The lowest BCUT2D eigenvalue weighted by molar-refractivity contribution is -0.143. The van der Waals surface area contributed by atoms with E-state index in [0.29, 0.717) is 36.2 Å². The van der Waals surface area contributed by atoms with Crippen molar-refractivity contribution in [1.82, 2.24) is 14.5 Å². The number of carboxylic acid groups (broad SMARTS) is 1. The molecule has 1 N–H and O–H groups in total. The maximum absolute atomic E-state index is 14.9. The SMILES string of the molecule is CN(C(=O)OCc1c(-c2ccc(O[C@H]3CCC[C@H](C(=O)O)C3)c(F)c2)ncn1C)C1CCCC1. The Kier molecular flexibility index (Phi) is 7.38. The fourth-order valence-corrected chi connectivity index (χ4v) is 4.94. The number of aryl methyl sites for hydroxylation is 1. The van der Waals surface area contributed by atoms with E-state index < -0.39 is 17.7 Å². The first-order chi connectivity index (χ1) is 16.3. The van der Waals surface area contributed by atoms with E-state index in [0.717, 1.165) is 32.1 Å². The molecule has 2 saturated carbocycles. The van der Waals surface area contributed by atoms with E-state index in [1.165, 1.54) is 6.07 Å². The highest BCUT2D eigenvalue weighted by Gasteiger charge is 2.29. The van der Waals surface area contributed by atoms with E-state index in [2.05, 4.69) is 4.98 Å². The predicted molar refractivity (Wildman–Crippen MR) is 123 cm³/mol. The number of imidazole rings is 1. The lowest BCUT2D eigenvalue weighted by Gasteiger charge is -2.27. The number of hydrogen-bond donors (Lipinski definition) is 1. The van der Waals surface area contributed by atoms with Crippen molar-refractivity contribution < 1.29 is 28.6 Å². The van der Waals surface area contributed by atoms with Crippen molar-refractivity contribution in [3.8, 4) is 17.0 Å². The van der Waals surface area contributed by atoms with Crippen LogP contribution in [0.1, 0.15) is 57.1 Å². The van der Waals surface area contributed by atoms with Gasteiger partial charge in [0, 0.05) is 25.7 Å². The highest BCUT2D eigenvalue weighted by Crippen LogP contribution is 2.32. The zero-order valence-electron chi connectivity index (χ0n) is 19.7. The number of nitrogens with zero attached hydrogens (tertiary/aromatic N) is 3. The van der Waals surface area contributed by atoms with Crippen molar-refractivity contribution in [2.45, 2.75) is 70.1 Å². The number of hydrogen-bond acceptors (Lipinski definition) is 5. The van der Waals surface area contributed by atoms with Gasteiger partial charge in [-0.2, -0.15) is 0 Å². The summed E-state index contributed by atoms with van der Waals surface area (Å²) in [6.45, 7) is 0.0280. The second-order valence-electron chi connectivity index (χ2n) is 9.34. The number of carboxylic acids is 1. The first kappa shape index (κ1) is 24.0. The smallest absolute Gasteiger partial charge is 0.410 e. The van der Waals surface area contributed by atoms with Crippen LogP contribution in [0.15, 0.2) is 24.5 Å². The van der Waals surface area contributed by atoms with Crippen molar-refractivity contribution in [3.63, 3.8) is 0 Å². The number of ether oxygens (including phenoxy) is 2. The van der Waals surface area contributed by atoms with Crippen LogP contribution in [0.5, 0.6) is 5.75 Å². The molecule has 8 nitrogen and oxygen atoms in total. The Balaban J connectivity index is 1.43. The summed E-state index contributed by atoms with van der Waals surface area (Å²) < 4.78 is 28.0. The highest BCUT2D eigenvalue weighted by atomic mass is 19.1. The number of carbonyl (C=O) groups excluding carboxylic acids is 1. The summed E-state index contributed by atoms with van der Waals surface area (Å²) in [7, 11) is 3.57. The minimum absolute atomic E-state index is 0.0280. The van der Waals surface area contributed by atoms with E-state index in [9.17, 15) is 19.1 Å². The molecule has 0 spiro atoms. The average Bonchev–Trinajstić information content (AvgIpc) is 3.48. The Labute approximate surface area is 198 Å². The number of aromatic nitrogens is 2. The van der Waals surface area contributed by atoms with Crippen molar-refractivity contribution in [3.05, 3.63) is 36.0 Å². The Bertz CT molecular complexity index is 1030. The fraction of sp³-hybridized carbons (Fsp3) is 0.560. The third kappa shape index (κ3) is 5.34. The van der Waals surface area contributed by atoms with Gasteiger partial charge in [-0.1, -0.05) is 12.8 Å². The molecule has 0 radical (unpaired) electrons. The van der Waals surface area contributed by atoms with Gasteiger partial charge < -0.3 is 24.0 Å². The highest BCUT2D eigenvalue weighted by molar-refractivity contribution is 5.70. The van der Waals surface area contributed by atoms with Gasteiger partial charge in [-0.25, -0.2) is 14.2 Å². The second kappa shape index (κ2) is 10.4. The number of aliphatic carboxylic acids is 1. The van der Waals surface area contributed by atoms with Crippen LogP contribution < -0.4 is 4.74 Å². The largest absolute Gasteiger partial charge is 0.487 e. The molecule has 0 aliphatic heterocycles. The number of benzene rings is 1. The molecule has 2 aromatic rings. The average molecular weight is 474 g/mol. The monoisotopic (exact) mass is 473 g/mol. The van der Waals surface area contributed by atoms with Crippen LogP contribution in [-0.2, 0) is 23.2 Å². The maximum atomic E-state index is 14.9. The molecular weight excluding hydrogens is 441 g/mol. The first-order valence-corrected chi connectivity index (χ1v) is 11.9. The van der Waals surface area contributed by atoms with Crippen LogP contribution >= 0.6 is 0 Å². The third-order valence-electron chi connectivity index (χ3n) is 7.03. The van der Waals surface area contributed by atoms with Gasteiger partial charge >= 0.3 is 12.1 Å². The summed E-state index contributed by atoms with van der Waals surface area (Å²) in [5.41, 5.74) is 1.75. The van der Waals surface area contributed by atoms with Crippen LogP contribution in [0.2, 0.25) is 0 Å². The zero-order chi connectivity index (χ0) is 24.2. The number of rotatable bonds is 7. The van der Waals surface area contributed by atoms with Gasteiger partial charge in [0.2, 0.25) is 0 Å². The van der Waals surface area contributed by atoms with E-state index in [1.54, 1.807) is 42.0 Å². The number of amides is 1. The summed E-state index contributed by atoms with van der Waals surface area (Å²) in [5, 5.41) is 9.26. The van der Waals surface area contributed by atoms with Gasteiger partial charge in [0.1, 0.15) is 6.61 Å². The van der Waals surface area contributed by atoms with Gasteiger partial charge in [-0.05, 0) is 56.7 Å². The molecule has 9 heteroatoms. The molecule has 0 unspecified atom stereocenters. The summed E-state index contributed by atoms with van der Waals surface area (Å²) in [4.78, 5) is 29.8. The fourth-order valence-electron chi connectivity index (χ4n) is 4.94. The van der Waals surface area contributed by atoms with Crippen molar-refractivity contribution in [2.24, 2.45) is 13.0 Å². The number of halogens is 1. The first-order valence-electron chi connectivity index (χ1n) is 11.9. The quantitative estimate of drug-likeness (QED) is 0.623. The molecule has 2 atom stereocenters. The molecule has 1 aromatic carbocycles. The molecule has 2 fully saturated rings. The molecule has 0 saturated heterocycles. The minimum Gasteiger partial charge on any atom is -0.487 e. The lowest BCUT2D eigenvalue weighted by Crippen LogP contribution is -2.35. The molecule has 34 heavy (non-hydrogen) atoms. The van der Waals surface area contributed by atoms with Crippen LogP contribution in [0.25, 0.3) is 11.3 Å². The summed E-state index contributed by atoms with van der Waals surface area (Å²) in [5.74, 6) is -1.72. The standard InChI is InChI=1S/C25H32FN3O5/c1-28-15-27-23(21(28)14-33-25(32)29(2)18-7-3-4-8-18)16-10-11-22(20(26)13-16)34-19-9-5-6-17(12-19)24(30)31/h10-11,13,15,17-19H,3-9,12,14H2,1-2H3,(H,30,31)/t17-,19-/m0/s1. The van der Waals surface area contributed by atoms with Gasteiger partial charge in [0.05, 0.1) is 29.7 Å². The number of carbonyl (C=O) groups is 2. The van der Waals surface area contributed by atoms with Crippen molar-refractivity contribution in [1.29, 1.82) is 0 Å². The van der Waals surface area contributed by atoms with E-state index in [1.807, 2.05) is 0 Å².